The zero-order valence-corrected chi connectivity index (χ0v) is 22.8. The van der Waals surface area contributed by atoms with Gasteiger partial charge in [0.1, 0.15) is 35.8 Å². The van der Waals surface area contributed by atoms with Crippen molar-refractivity contribution in [1.82, 2.24) is 19.5 Å². The molecular weight excluding hydrogens is 490 g/mol. The highest BCUT2D eigenvalue weighted by atomic mass is 16.8. The van der Waals surface area contributed by atoms with Gasteiger partial charge in [0.15, 0.2) is 23.3 Å². The van der Waals surface area contributed by atoms with Gasteiger partial charge in [-0.25, -0.2) is 19.3 Å². The second-order valence-corrected chi connectivity index (χ2v) is 11.7. The van der Waals surface area contributed by atoms with Crippen molar-refractivity contribution in [2.24, 2.45) is 4.99 Å². The van der Waals surface area contributed by atoms with Crippen LogP contribution < -0.4 is 0 Å². The molecule has 2 aliphatic carbocycles. The molecule has 38 heavy (non-hydrogen) atoms. The summed E-state index contributed by atoms with van der Waals surface area (Å²) in [5.41, 5.74) is -0.292. The number of aliphatic imine (C=N–C) groups is 1. The van der Waals surface area contributed by atoms with Crippen molar-refractivity contribution in [2.75, 3.05) is 14.1 Å². The predicted molar refractivity (Wildman–Crippen MR) is 137 cm³/mol. The third-order valence-corrected chi connectivity index (χ3v) is 8.17. The topological polar surface area (TPSA) is 109 Å². The first kappa shape index (κ1) is 25.5. The summed E-state index contributed by atoms with van der Waals surface area (Å²) in [6.45, 7) is 5.65. The highest BCUT2D eigenvalue weighted by Crippen LogP contribution is 2.71. The van der Waals surface area contributed by atoms with Gasteiger partial charge in [0.25, 0.3) is 0 Å². The number of aromatic nitrogens is 3. The van der Waals surface area contributed by atoms with E-state index in [-0.39, 0.29) is 6.10 Å². The van der Waals surface area contributed by atoms with Gasteiger partial charge in [-0.2, -0.15) is 5.10 Å². The van der Waals surface area contributed by atoms with Crippen LogP contribution in [0.3, 0.4) is 0 Å². The van der Waals surface area contributed by atoms with Crippen LogP contribution in [0.25, 0.3) is 5.52 Å². The Morgan fingerprint density at radius 2 is 1.84 bits per heavy atom. The van der Waals surface area contributed by atoms with E-state index in [0.717, 1.165) is 36.9 Å². The van der Waals surface area contributed by atoms with Gasteiger partial charge in [-0.3, -0.25) is 0 Å². The normalized spacial score (nSPS) is 34.5. The molecule has 2 saturated heterocycles. The fraction of sp³-hybridized carbons (Fsp3) is 0.704. The molecule has 4 fully saturated rings. The Balaban J connectivity index is 1.24. The molecule has 206 valence electrons. The molecule has 2 aliphatic heterocycles. The monoisotopic (exact) mass is 527 g/mol. The molecule has 1 unspecified atom stereocenters. The lowest BCUT2D eigenvalue weighted by Gasteiger charge is -2.25. The Morgan fingerprint density at radius 3 is 2.58 bits per heavy atom. The van der Waals surface area contributed by atoms with Gasteiger partial charge in [-0.1, -0.05) is 19.3 Å². The predicted octanol–water partition coefficient (Wildman–Crippen LogP) is 4.32. The lowest BCUT2D eigenvalue weighted by Crippen LogP contribution is -2.34. The minimum absolute atomic E-state index is 0.107. The molecule has 4 aliphatic rings. The van der Waals surface area contributed by atoms with Gasteiger partial charge < -0.3 is 28.6 Å². The fourth-order valence-electron chi connectivity index (χ4n) is 6.42. The molecular formula is C27H37N5O6. The molecule has 2 aromatic rings. The third-order valence-electron chi connectivity index (χ3n) is 8.17. The zero-order chi connectivity index (χ0) is 26.7. The van der Waals surface area contributed by atoms with Crippen molar-refractivity contribution < 1.29 is 28.5 Å². The van der Waals surface area contributed by atoms with Crippen molar-refractivity contribution in [3.05, 3.63) is 24.2 Å². The molecule has 2 saturated carbocycles. The van der Waals surface area contributed by atoms with E-state index in [1.165, 1.54) is 25.6 Å². The smallest absolute Gasteiger partial charge is 0.431 e. The maximum Gasteiger partial charge on any atom is 0.509 e. The van der Waals surface area contributed by atoms with Gasteiger partial charge in [-0.05, 0) is 58.6 Å². The molecule has 0 N–H and O–H groups in total. The lowest BCUT2D eigenvalue weighted by molar-refractivity contribution is -0.186. The fourth-order valence-corrected chi connectivity index (χ4v) is 6.42. The van der Waals surface area contributed by atoms with Gasteiger partial charge in [-0.15, -0.1) is 0 Å². The van der Waals surface area contributed by atoms with Crippen LogP contribution in [0, 0.1) is 0 Å². The van der Waals surface area contributed by atoms with E-state index in [2.05, 4.69) is 15.1 Å². The summed E-state index contributed by atoms with van der Waals surface area (Å²) in [5.74, 6) is -0.329. The Labute approximate surface area is 222 Å². The number of nitrogens with zero attached hydrogens (tertiary/aromatic N) is 5. The van der Waals surface area contributed by atoms with Crippen molar-refractivity contribution in [3.63, 3.8) is 0 Å². The molecule has 1 spiro atoms. The first-order valence-corrected chi connectivity index (χ1v) is 13.6. The average Bonchev–Trinajstić information content (AvgIpc) is 3.22. The van der Waals surface area contributed by atoms with Crippen molar-refractivity contribution in [1.29, 1.82) is 0 Å². The molecule has 4 heterocycles. The second-order valence-electron chi connectivity index (χ2n) is 11.7. The third kappa shape index (κ3) is 4.06. The zero-order valence-electron chi connectivity index (χ0n) is 22.8. The van der Waals surface area contributed by atoms with E-state index >= 15 is 0 Å². The lowest BCUT2D eigenvalue weighted by atomic mass is 9.99. The van der Waals surface area contributed by atoms with E-state index in [4.69, 9.17) is 23.7 Å². The molecule has 0 aromatic carbocycles. The summed E-state index contributed by atoms with van der Waals surface area (Å²) in [4.78, 5) is 23.5. The van der Waals surface area contributed by atoms with Crippen molar-refractivity contribution in [2.45, 2.75) is 107 Å². The van der Waals surface area contributed by atoms with Crippen LogP contribution in [0.4, 0.5) is 10.6 Å². The first-order chi connectivity index (χ1) is 18.1. The van der Waals surface area contributed by atoms with Crippen LogP contribution in [0.2, 0.25) is 0 Å². The van der Waals surface area contributed by atoms with Crippen LogP contribution >= 0.6 is 0 Å². The number of carbonyl (C=O) groups excluding carboxylic acids is 1. The molecule has 0 amide bonds. The number of fused-ring (bicyclic) bond motifs is 1. The summed E-state index contributed by atoms with van der Waals surface area (Å²) in [7, 11) is 3.80. The molecule has 0 radical (unpaired) electrons. The number of hydrogen-bond acceptors (Lipinski definition) is 9. The van der Waals surface area contributed by atoms with Gasteiger partial charge >= 0.3 is 6.16 Å². The van der Waals surface area contributed by atoms with Crippen LogP contribution in [-0.4, -0.2) is 81.4 Å². The summed E-state index contributed by atoms with van der Waals surface area (Å²) in [6, 6.07) is 3.86. The molecule has 11 nitrogen and oxygen atoms in total. The van der Waals surface area contributed by atoms with E-state index in [1.807, 2.05) is 51.9 Å². The Kier molecular flexibility index (Phi) is 6.16. The van der Waals surface area contributed by atoms with Crippen LogP contribution in [-0.2, 0) is 23.7 Å². The summed E-state index contributed by atoms with van der Waals surface area (Å²) < 4.78 is 32.8. The summed E-state index contributed by atoms with van der Waals surface area (Å²) in [6.07, 6.45) is 8.24. The summed E-state index contributed by atoms with van der Waals surface area (Å²) >= 11 is 0. The van der Waals surface area contributed by atoms with E-state index in [9.17, 15) is 4.79 Å². The number of ether oxygens (including phenoxy) is 5. The highest BCUT2D eigenvalue weighted by molar-refractivity contribution is 5.71. The van der Waals surface area contributed by atoms with Crippen LogP contribution in [0.5, 0.6) is 0 Å². The van der Waals surface area contributed by atoms with E-state index in [0.29, 0.717) is 5.82 Å². The molecule has 6 rings (SSSR count). The van der Waals surface area contributed by atoms with Gasteiger partial charge in [0.05, 0.1) is 12.0 Å². The molecule has 0 bridgehead atoms. The maximum atomic E-state index is 12.9. The van der Waals surface area contributed by atoms with Crippen LogP contribution in [0.15, 0.2) is 23.5 Å². The van der Waals surface area contributed by atoms with Gasteiger partial charge in [0, 0.05) is 14.1 Å². The number of rotatable bonds is 5. The van der Waals surface area contributed by atoms with Crippen molar-refractivity contribution >= 4 is 23.8 Å². The van der Waals surface area contributed by atoms with Gasteiger partial charge in [0.2, 0.25) is 0 Å². The van der Waals surface area contributed by atoms with Crippen LogP contribution in [0.1, 0.15) is 77.5 Å². The highest BCUT2D eigenvalue weighted by Gasteiger charge is 2.92. The standard InChI is InChI=1S/C27H37N5O6/c1-25(2)37-21-20(18-13-14-19-22(29-16-31(4)5)28-15-30-32(18)19)36-26(3)23(27(21,26)38-25)35-24(33)34-17-11-9-7-6-8-10-12-17/h13-17,20-21,23H,6-12H2,1-5H3/t20-,21-,23?,26+,27+/m0/s1. The minimum Gasteiger partial charge on any atom is -0.431 e. The average molecular weight is 528 g/mol. The largest absolute Gasteiger partial charge is 0.509 e. The second kappa shape index (κ2) is 9.17. The van der Waals surface area contributed by atoms with E-state index < -0.39 is 41.5 Å². The van der Waals surface area contributed by atoms with Crippen molar-refractivity contribution in [3.8, 4) is 0 Å². The molecule has 11 heteroatoms. The van der Waals surface area contributed by atoms with E-state index in [1.54, 1.807) is 10.9 Å². The Bertz CT molecular complexity index is 1240. The first-order valence-electron chi connectivity index (χ1n) is 13.6. The quantitative estimate of drug-likeness (QED) is 0.319. The molecule has 5 atom stereocenters. The molecule has 2 aromatic heterocycles. The maximum absolute atomic E-state index is 12.9. The number of hydrogen-bond donors (Lipinski definition) is 0. The SMILES string of the molecule is CN(C)C=Nc1ncnn2c([C@@H]3O[C@]4(C)C(OC(=O)OC5CCCCCCC5)[C@@]45OC(C)(C)O[C@@H]35)ccc12. The number of carbonyl (C=O) groups is 1. The Hall–Kier alpha value is -2.76. The summed E-state index contributed by atoms with van der Waals surface area (Å²) in [5, 5.41) is 4.47. The minimum atomic E-state index is -0.940. The Morgan fingerprint density at radius 1 is 1.11 bits per heavy atom.